The molecule has 0 aliphatic rings. The minimum Gasteiger partial charge on any atom is -0.756 e. The van der Waals surface area contributed by atoms with Crippen LogP contribution >= 0.6 is 31.3 Å². The maximum atomic E-state index is 12.6. The number of quaternary nitrogens is 1. The van der Waals surface area contributed by atoms with Crippen LogP contribution in [0.3, 0.4) is 0 Å². The molecule has 0 heterocycles. The van der Waals surface area contributed by atoms with Crippen molar-refractivity contribution in [1.29, 1.82) is 0 Å². The van der Waals surface area contributed by atoms with Crippen molar-refractivity contribution in [3.05, 3.63) is 0 Å². The van der Waals surface area contributed by atoms with Gasteiger partial charge in [0.25, 0.3) is 7.82 Å². The number of carbonyl (C=O) groups excluding carboxylic acids is 2. The number of thioether (sulfide) groups is 2. The van der Waals surface area contributed by atoms with Gasteiger partial charge in [0.15, 0.2) is 10.2 Å². The molecule has 1 unspecified atom stereocenters. The largest absolute Gasteiger partial charge is 0.756 e. The lowest BCUT2D eigenvalue weighted by Gasteiger charge is -2.28. The zero-order valence-corrected chi connectivity index (χ0v) is 27.4. The van der Waals surface area contributed by atoms with Crippen LogP contribution in [0, 0.1) is 0 Å². The third-order valence-corrected chi connectivity index (χ3v) is 9.50. The summed E-state index contributed by atoms with van der Waals surface area (Å²) < 4.78 is 23.0. The van der Waals surface area contributed by atoms with E-state index >= 15 is 0 Å². The van der Waals surface area contributed by atoms with Crippen molar-refractivity contribution in [2.75, 3.05) is 46.7 Å². The average molecular weight is 598 g/mol. The van der Waals surface area contributed by atoms with E-state index in [4.69, 9.17) is 9.05 Å². The van der Waals surface area contributed by atoms with Crippen LogP contribution in [0.15, 0.2) is 0 Å². The van der Waals surface area contributed by atoms with Crippen LogP contribution in [0.4, 0.5) is 0 Å². The molecule has 0 saturated heterocycles. The molecule has 0 aliphatic heterocycles. The topological polar surface area (TPSA) is 92.7 Å². The smallest absolute Gasteiger partial charge is 0.268 e. The number of hydrogen-bond acceptors (Lipinski definition) is 8. The fourth-order valence-electron chi connectivity index (χ4n) is 3.71. The van der Waals surface area contributed by atoms with Gasteiger partial charge in [-0.25, -0.2) is 0 Å². The van der Waals surface area contributed by atoms with Crippen LogP contribution in [0.2, 0.25) is 0 Å². The van der Waals surface area contributed by atoms with E-state index in [0.29, 0.717) is 29.6 Å². The highest BCUT2D eigenvalue weighted by Gasteiger charge is 2.21. The summed E-state index contributed by atoms with van der Waals surface area (Å²) in [5.74, 6) is 0.349. The van der Waals surface area contributed by atoms with E-state index in [1.54, 1.807) is 0 Å². The molecule has 0 aliphatic carbocycles. The lowest BCUT2D eigenvalue weighted by atomic mass is 10.1. The van der Waals surface area contributed by atoms with Crippen LogP contribution < -0.4 is 4.89 Å². The Labute approximate surface area is 242 Å². The molecule has 0 aromatic heterocycles. The minimum absolute atomic E-state index is 0.0268. The van der Waals surface area contributed by atoms with Crippen LogP contribution in [0.5, 0.6) is 0 Å². The quantitative estimate of drug-likeness (QED) is 0.0580. The molecular weight excluding hydrogens is 541 g/mol. The van der Waals surface area contributed by atoms with Crippen molar-refractivity contribution in [1.82, 2.24) is 0 Å². The molecule has 0 bridgehead atoms. The molecule has 10 heteroatoms. The lowest BCUT2D eigenvalue weighted by molar-refractivity contribution is -0.870. The second-order valence-electron chi connectivity index (χ2n) is 11.1. The van der Waals surface area contributed by atoms with E-state index in [2.05, 4.69) is 13.8 Å². The molecular formula is C28H56NO6PS2. The Bertz CT molecular complexity index is 660. The third-order valence-electron chi connectivity index (χ3n) is 6.13. The summed E-state index contributed by atoms with van der Waals surface area (Å²) >= 11 is 2.29. The second kappa shape index (κ2) is 23.8. The molecule has 0 saturated carbocycles. The van der Waals surface area contributed by atoms with E-state index in [0.717, 1.165) is 50.3 Å². The molecule has 226 valence electrons. The number of phosphoric acid groups is 1. The van der Waals surface area contributed by atoms with Gasteiger partial charge in [-0.2, -0.15) is 0 Å². The summed E-state index contributed by atoms with van der Waals surface area (Å²) in [5.41, 5.74) is 0. The van der Waals surface area contributed by atoms with Gasteiger partial charge in [0.2, 0.25) is 0 Å². The summed E-state index contributed by atoms with van der Waals surface area (Å²) in [4.78, 5) is 37.2. The van der Waals surface area contributed by atoms with E-state index in [1.807, 2.05) is 21.1 Å². The van der Waals surface area contributed by atoms with Gasteiger partial charge in [-0.15, -0.1) is 0 Å². The van der Waals surface area contributed by atoms with E-state index < -0.39 is 13.1 Å². The summed E-state index contributed by atoms with van der Waals surface area (Å²) in [7, 11) is 1.37. The Morgan fingerprint density at radius 1 is 0.763 bits per heavy atom. The van der Waals surface area contributed by atoms with Crippen LogP contribution in [-0.2, 0) is 23.2 Å². The molecule has 0 fully saturated rings. The fourth-order valence-corrected chi connectivity index (χ4v) is 6.56. The van der Waals surface area contributed by atoms with Crippen molar-refractivity contribution < 1.29 is 32.6 Å². The summed E-state index contributed by atoms with van der Waals surface area (Å²) in [5, 5.41) is -0.300. The second-order valence-corrected chi connectivity index (χ2v) is 15.0. The summed E-state index contributed by atoms with van der Waals surface area (Å²) in [6.07, 6.45) is 17.0. The molecule has 38 heavy (non-hydrogen) atoms. The third kappa shape index (κ3) is 26.3. The Morgan fingerprint density at radius 3 is 1.74 bits per heavy atom. The average Bonchev–Trinajstić information content (AvgIpc) is 2.83. The first kappa shape index (κ1) is 38.1. The first-order chi connectivity index (χ1) is 18.0. The van der Waals surface area contributed by atoms with Gasteiger partial charge in [-0.3, -0.25) is 14.2 Å². The number of phosphoric ester groups is 1. The van der Waals surface area contributed by atoms with Crippen molar-refractivity contribution in [2.24, 2.45) is 0 Å². The molecule has 2 atom stereocenters. The molecule has 0 N–H and O–H groups in total. The number of unbranched alkanes of at least 4 members (excludes halogenated alkanes) is 12. The monoisotopic (exact) mass is 597 g/mol. The van der Waals surface area contributed by atoms with E-state index in [-0.39, 0.29) is 23.4 Å². The lowest BCUT2D eigenvalue weighted by Crippen LogP contribution is -2.37. The van der Waals surface area contributed by atoms with Gasteiger partial charge in [0.1, 0.15) is 13.2 Å². The highest BCUT2D eigenvalue weighted by Crippen LogP contribution is 2.39. The Balaban J connectivity index is 4.58. The van der Waals surface area contributed by atoms with Crippen molar-refractivity contribution >= 4 is 41.6 Å². The van der Waals surface area contributed by atoms with Crippen LogP contribution in [-0.4, -0.2) is 66.6 Å². The first-order valence-corrected chi connectivity index (χ1v) is 18.1. The minimum atomic E-state index is -4.48. The van der Waals surface area contributed by atoms with E-state index in [9.17, 15) is 19.0 Å². The van der Waals surface area contributed by atoms with Crippen LogP contribution in [0.25, 0.3) is 0 Å². The number of nitrogens with zero attached hydrogens (tertiary/aromatic N) is 1. The highest BCUT2D eigenvalue weighted by atomic mass is 32.2. The summed E-state index contributed by atoms with van der Waals surface area (Å²) in [6, 6.07) is 0. The molecule has 0 aromatic rings. The normalized spacial score (nSPS) is 14.4. The summed E-state index contributed by atoms with van der Waals surface area (Å²) in [6.45, 7) is 4.78. The Hall–Kier alpha value is 0.110. The van der Waals surface area contributed by atoms with Crippen molar-refractivity contribution in [2.45, 2.75) is 122 Å². The maximum absolute atomic E-state index is 12.6. The molecule has 7 nitrogen and oxygen atoms in total. The van der Waals surface area contributed by atoms with Gasteiger partial charge in [-0.05, 0) is 12.8 Å². The van der Waals surface area contributed by atoms with Gasteiger partial charge in [0, 0.05) is 23.8 Å². The van der Waals surface area contributed by atoms with Crippen molar-refractivity contribution in [3.8, 4) is 0 Å². The first-order valence-electron chi connectivity index (χ1n) is 14.7. The van der Waals surface area contributed by atoms with E-state index in [1.165, 1.54) is 63.1 Å². The zero-order valence-electron chi connectivity index (χ0n) is 24.9. The number of hydrogen-bond donors (Lipinski definition) is 0. The molecule has 0 aromatic carbocycles. The number of likely N-dealkylation sites (N-methyl/N-ethyl adjacent to an activating group) is 1. The highest BCUT2D eigenvalue weighted by molar-refractivity contribution is 8.17. The number of carbonyl (C=O) groups is 2. The predicted octanol–water partition coefficient (Wildman–Crippen LogP) is 7.36. The van der Waals surface area contributed by atoms with Gasteiger partial charge in [0.05, 0.1) is 27.7 Å². The number of rotatable bonds is 26. The Morgan fingerprint density at radius 2 is 1.24 bits per heavy atom. The van der Waals surface area contributed by atoms with Crippen molar-refractivity contribution in [3.63, 3.8) is 0 Å². The Kier molecular flexibility index (Phi) is 23.8. The van der Waals surface area contributed by atoms with Gasteiger partial charge in [-0.1, -0.05) is 114 Å². The molecule has 0 radical (unpaired) electrons. The predicted molar refractivity (Wildman–Crippen MR) is 161 cm³/mol. The molecule has 0 spiro atoms. The maximum Gasteiger partial charge on any atom is 0.268 e. The molecule has 0 amide bonds. The molecule has 0 rings (SSSR count). The zero-order chi connectivity index (χ0) is 28.7. The van der Waals surface area contributed by atoms with Crippen LogP contribution in [0.1, 0.15) is 117 Å². The SMILES string of the molecule is CCCCCCCCCC(=O)SC[C@@H](COP(=O)([O-])OCC[N+](C)(C)C)SC(=O)CCCCCCCCC. The fraction of sp³-hybridized carbons (Fsp3) is 0.929. The van der Waals surface area contributed by atoms with Gasteiger partial charge < -0.3 is 18.4 Å². The standard InChI is InChI=1S/C28H56NO6PS2/c1-6-8-10-12-14-16-18-20-27(30)37-25-26(24-35-36(32,33)34-23-22-29(3,4)5)38-28(31)21-19-17-15-13-11-9-7-2/h26H,6-25H2,1-5H3/t26-/m1/s1. The van der Waals surface area contributed by atoms with Gasteiger partial charge >= 0.3 is 0 Å².